The van der Waals surface area contributed by atoms with E-state index in [0.717, 1.165) is 21.7 Å². The van der Waals surface area contributed by atoms with Crippen LogP contribution in [0.2, 0.25) is 5.02 Å². The second kappa shape index (κ2) is 6.38. The second-order valence-electron chi connectivity index (χ2n) is 4.49. The highest BCUT2D eigenvalue weighted by Crippen LogP contribution is 2.36. The minimum atomic E-state index is -0.259. The zero-order valence-electron chi connectivity index (χ0n) is 11.6. The molecule has 0 radical (unpaired) electrons. The Morgan fingerprint density at radius 1 is 0.900 bits per heavy atom. The third-order valence-corrected chi connectivity index (χ3v) is 4.10. The van der Waals surface area contributed by atoms with Crippen molar-refractivity contribution in [1.82, 2.24) is 0 Å². The van der Waals surface area contributed by atoms with Crippen LogP contribution in [0.5, 0.6) is 11.5 Å². The van der Waals surface area contributed by atoms with Gasteiger partial charge in [-0.3, -0.25) is 0 Å². The molecule has 0 heterocycles. The maximum Gasteiger partial charge on any atom is 0.161 e. The zero-order chi connectivity index (χ0) is 14.7. The summed E-state index contributed by atoms with van der Waals surface area (Å²) < 4.78 is 10.5. The van der Waals surface area contributed by atoms with Gasteiger partial charge in [0.25, 0.3) is 0 Å². The van der Waals surface area contributed by atoms with E-state index in [9.17, 15) is 0 Å². The minimum absolute atomic E-state index is 0.259. The summed E-state index contributed by atoms with van der Waals surface area (Å²) >= 11 is 12.6. The van der Waals surface area contributed by atoms with E-state index in [1.165, 1.54) is 0 Å². The topological polar surface area (TPSA) is 18.5 Å². The van der Waals surface area contributed by atoms with E-state index in [4.69, 9.17) is 32.7 Å². The Balaban J connectivity index is 2.37. The summed E-state index contributed by atoms with van der Waals surface area (Å²) in [7, 11) is 3.22. The van der Waals surface area contributed by atoms with Gasteiger partial charge in [-0.05, 0) is 41.8 Å². The lowest BCUT2D eigenvalue weighted by Gasteiger charge is -2.14. The summed E-state index contributed by atoms with van der Waals surface area (Å²) in [6.07, 6.45) is 0. The Labute approximate surface area is 129 Å². The van der Waals surface area contributed by atoms with Crippen LogP contribution in [0.1, 0.15) is 22.1 Å². The summed E-state index contributed by atoms with van der Waals surface area (Å²) in [5.74, 6) is 1.36. The Hall–Kier alpha value is -1.38. The summed E-state index contributed by atoms with van der Waals surface area (Å²) in [6, 6.07) is 11.5. The number of hydrogen-bond acceptors (Lipinski definition) is 2. The molecule has 0 saturated carbocycles. The second-order valence-corrected chi connectivity index (χ2v) is 5.33. The van der Waals surface area contributed by atoms with Crippen molar-refractivity contribution in [3.63, 3.8) is 0 Å². The number of rotatable bonds is 4. The molecule has 20 heavy (non-hydrogen) atoms. The lowest BCUT2D eigenvalue weighted by Crippen LogP contribution is -1.97. The Bertz CT molecular complexity index is 611. The molecule has 0 spiro atoms. The van der Waals surface area contributed by atoms with Gasteiger partial charge in [0.15, 0.2) is 11.5 Å². The number of methoxy groups -OCH3 is 2. The maximum atomic E-state index is 6.54. The monoisotopic (exact) mass is 310 g/mol. The first-order valence-electron chi connectivity index (χ1n) is 6.19. The zero-order valence-corrected chi connectivity index (χ0v) is 13.1. The van der Waals surface area contributed by atoms with Crippen LogP contribution in [-0.4, -0.2) is 14.2 Å². The molecule has 2 aromatic rings. The van der Waals surface area contributed by atoms with E-state index in [2.05, 4.69) is 0 Å². The Morgan fingerprint density at radius 2 is 1.50 bits per heavy atom. The van der Waals surface area contributed by atoms with Gasteiger partial charge in [0.1, 0.15) is 0 Å². The van der Waals surface area contributed by atoms with Crippen LogP contribution in [-0.2, 0) is 0 Å². The molecule has 0 saturated heterocycles. The smallest absolute Gasteiger partial charge is 0.161 e. The van der Waals surface area contributed by atoms with E-state index in [0.29, 0.717) is 11.5 Å². The molecule has 2 aromatic carbocycles. The summed E-state index contributed by atoms with van der Waals surface area (Å²) in [5, 5.41) is 0.482. The van der Waals surface area contributed by atoms with Gasteiger partial charge in [0.2, 0.25) is 0 Å². The van der Waals surface area contributed by atoms with Crippen molar-refractivity contribution in [2.24, 2.45) is 0 Å². The highest BCUT2D eigenvalue weighted by molar-refractivity contribution is 6.31. The van der Waals surface area contributed by atoms with Crippen molar-refractivity contribution in [2.45, 2.75) is 12.3 Å². The Morgan fingerprint density at radius 3 is 2.10 bits per heavy atom. The van der Waals surface area contributed by atoms with E-state index in [-0.39, 0.29) is 5.38 Å². The minimum Gasteiger partial charge on any atom is -0.493 e. The van der Waals surface area contributed by atoms with Gasteiger partial charge >= 0.3 is 0 Å². The molecule has 0 aromatic heterocycles. The summed E-state index contributed by atoms with van der Waals surface area (Å²) in [5.41, 5.74) is 2.96. The molecule has 0 fully saturated rings. The van der Waals surface area contributed by atoms with Crippen molar-refractivity contribution < 1.29 is 9.47 Å². The fourth-order valence-electron chi connectivity index (χ4n) is 2.03. The van der Waals surface area contributed by atoms with Crippen molar-refractivity contribution in [3.05, 3.63) is 58.1 Å². The van der Waals surface area contributed by atoms with Crippen LogP contribution in [0.4, 0.5) is 0 Å². The highest BCUT2D eigenvalue weighted by Gasteiger charge is 2.14. The molecule has 1 atom stereocenters. The predicted octanol–water partition coefficient (Wildman–Crippen LogP) is 4.99. The molecule has 2 nitrogen and oxygen atoms in total. The molecular weight excluding hydrogens is 295 g/mol. The number of hydrogen-bond donors (Lipinski definition) is 0. The first kappa shape index (κ1) is 15.0. The van der Waals surface area contributed by atoms with Crippen molar-refractivity contribution in [1.29, 1.82) is 0 Å². The summed E-state index contributed by atoms with van der Waals surface area (Å²) in [6.45, 7) is 1.96. The van der Waals surface area contributed by atoms with Crippen LogP contribution in [0.15, 0.2) is 36.4 Å². The quantitative estimate of drug-likeness (QED) is 0.740. The van der Waals surface area contributed by atoms with Gasteiger partial charge in [-0.2, -0.15) is 0 Å². The fourth-order valence-corrected chi connectivity index (χ4v) is 2.42. The van der Waals surface area contributed by atoms with E-state index in [1.807, 2.05) is 43.3 Å². The molecule has 0 N–H and O–H groups in total. The predicted molar refractivity (Wildman–Crippen MR) is 83.4 cm³/mol. The van der Waals surface area contributed by atoms with Gasteiger partial charge in [0, 0.05) is 5.02 Å². The molecule has 0 aliphatic rings. The van der Waals surface area contributed by atoms with Gasteiger partial charge in [-0.25, -0.2) is 0 Å². The average molecular weight is 311 g/mol. The maximum absolute atomic E-state index is 6.54. The van der Waals surface area contributed by atoms with E-state index < -0.39 is 0 Å². The van der Waals surface area contributed by atoms with Gasteiger partial charge in [-0.1, -0.05) is 29.8 Å². The Kier molecular flexibility index (Phi) is 4.79. The van der Waals surface area contributed by atoms with Gasteiger partial charge in [0.05, 0.1) is 19.6 Å². The number of halogens is 2. The van der Waals surface area contributed by atoms with Crippen LogP contribution in [0.3, 0.4) is 0 Å². The molecule has 1 unspecified atom stereocenters. The van der Waals surface area contributed by atoms with Crippen LogP contribution < -0.4 is 9.47 Å². The van der Waals surface area contributed by atoms with Crippen LogP contribution in [0, 0.1) is 6.92 Å². The molecule has 106 valence electrons. The number of ether oxygens (including phenoxy) is 2. The highest BCUT2D eigenvalue weighted by atomic mass is 35.5. The van der Waals surface area contributed by atoms with Crippen LogP contribution >= 0.6 is 23.2 Å². The first-order chi connectivity index (χ1) is 9.56. The molecule has 0 bridgehead atoms. The molecule has 0 aliphatic carbocycles. The van der Waals surface area contributed by atoms with Gasteiger partial charge in [-0.15, -0.1) is 11.6 Å². The molecule has 0 aliphatic heterocycles. The standard InChI is InChI=1S/C16H16Cl2O2/c1-10-8-11(4-6-13(10)17)16(18)12-5-7-14(19-2)15(9-12)20-3/h4-9,16H,1-3H3. The van der Waals surface area contributed by atoms with E-state index >= 15 is 0 Å². The number of aryl methyl sites for hydroxylation is 1. The third-order valence-electron chi connectivity index (χ3n) is 3.17. The SMILES string of the molecule is COc1ccc(C(Cl)c2ccc(Cl)c(C)c2)cc1OC. The summed E-state index contributed by atoms with van der Waals surface area (Å²) in [4.78, 5) is 0. The average Bonchev–Trinajstić information content (AvgIpc) is 2.48. The largest absolute Gasteiger partial charge is 0.493 e. The number of alkyl halides is 1. The molecule has 2 rings (SSSR count). The van der Waals surface area contributed by atoms with E-state index in [1.54, 1.807) is 14.2 Å². The molecular formula is C16H16Cl2O2. The molecule has 4 heteroatoms. The van der Waals surface area contributed by atoms with Crippen molar-refractivity contribution in [3.8, 4) is 11.5 Å². The third kappa shape index (κ3) is 3.02. The van der Waals surface area contributed by atoms with Crippen LogP contribution in [0.25, 0.3) is 0 Å². The van der Waals surface area contributed by atoms with Crippen molar-refractivity contribution in [2.75, 3.05) is 14.2 Å². The fraction of sp³-hybridized carbons (Fsp3) is 0.250. The lowest BCUT2D eigenvalue weighted by molar-refractivity contribution is 0.354. The van der Waals surface area contributed by atoms with Gasteiger partial charge < -0.3 is 9.47 Å². The number of benzene rings is 2. The lowest BCUT2D eigenvalue weighted by atomic mass is 10.0. The van der Waals surface area contributed by atoms with Crippen molar-refractivity contribution >= 4 is 23.2 Å². The first-order valence-corrected chi connectivity index (χ1v) is 7.00. The normalized spacial score (nSPS) is 12.1. The molecule has 0 amide bonds.